The Morgan fingerprint density at radius 2 is 2.33 bits per heavy atom. The van der Waals surface area contributed by atoms with Gasteiger partial charge in [-0.1, -0.05) is 0 Å². The molecule has 0 spiro atoms. The first-order valence-corrected chi connectivity index (χ1v) is 5.84. The molecule has 1 unspecified atom stereocenters. The summed E-state index contributed by atoms with van der Waals surface area (Å²) in [6.07, 6.45) is 1.07. The van der Waals surface area contributed by atoms with Crippen molar-refractivity contribution in [1.82, 2.24) is 0 Å². The molecule has 1 saturated heterocycles. The Balaban J connectivity index is 2.21. The van der Waals surface area contributed by atoms with Gasteiger partial charge in [0.2, 0.25) is 0 Å². The smallest absolute Gasteiger partial charge is 0.135 e. The molecule has 15 heavy (non-hydrogen) atoms. The van der Waals surface area contributed by atoms with Crippen molar-refractivity contribution in [2.75, 3.05) is 25.1 Å². The summed E-state index contributed by atoms with van der Waals surface area (Å²) < 4.78 is 6.25. The fraction of sp³-hybridized carbons (Fsp3) is 0.455. The Bertz CT molecular complexity index is 356. The van der Waals surface area contributed by atoms with E-state index < -0.39 is 0 Å². The Hall–Kier alpha value is -0.740. The van der Waals surface area contributed by atoms with Crippen LogP contribution in [0.2, 0.25) is 0 Å². The zero-order valence-corrected chi connectivity index (χ0v) is 10.3. The lowest BCUT2D eigenvalue weighted by molar-refractivity contribution is 0.412. The van der Waals surface area contributed by atoms with Crippen LogP contribution in [0, 0.1) is 0 Å². The maximum atomic E-state index is 5.88. The van der Waals surface area contributed by atoms with E-state index in [0.29, 0.717) is 6.04 Å². The highest BCUT2D eigenvalue weighted by Gasteiger charge is 2.19. The quantitative estimate of drug-likeness (QED) is 0.894. The number of halogens is 1. The predicted molar refractivity (Wildman–Crippen MR) is 65.5 cm³/mol. The normalized spacial score (nSPS) is 20.7. The standard InChI is InChI=1S/C11H15BrN2O/c1-15-11-6-9(2-3-10(11)12)14-5-4-8(13)7-14/h2-3,6,8H,4-5,7,13H2,1H3. The molecule has 1 heterocycles. The van der Waals surface area contributed by atoms with E-state index >= 15 is 0 Å². The van der Waals surface area contributed by atoms with Gasteiger partial charge in [-0.3, -0.25) is 0 Å². The van der Waals surface area contributed by atoms with Crippen LogP contribution in [0.4, 0.5) is 5.69 Å². The van der Waals surface area contributed by atoms with Crippen LogP contribution in [0.15, 0.2) is 22.7 Å². The number of anilines is 1. The summed E-state index contributed by atoms with van der Waals surface area (Å²) >= 11 is 3.44. The van der Waals surface area contributed by atoms with Gasteiger partial charge < -0.3 is 15.4 Å². The highest BCUT2D eigenvalue weighted by atomic mass is 79.9. The minimum absolute atomic E-state index is 0.305. The Labute approximate surface area is 98.3 Å². The molecule has 3 nitrogen and oxygen atoms in total. The van der Waals surface area contributed by atoms with E-state index in [4.69, 9.17) is 10.5 Å². The van der Waals surface area contributed by atoms with Gasteiger partial charge in [0, 0.05) is 30.9 Å². The van der Waals surface area contributed by atoms with Crippen LogP contribution in [-0.4, -0.2) is 26.2 Å². The number of methoxy groups -OCH3 is 1. The number of nitrogens with zero attached hydrogens (tertiary/aromatic N) is 1. The number of hydrogen-bond acceptors (Lipinski definition) is 3. The van der Waals surface area contributed by atoms with E-state index in [1.165, 1.54) is 5.69 Å². The maximum Gasteiger partial charge on any atom is 0.135 e. The molecule has 2 N–H and O–H groups in total. The van der Waals surface area contributed by atoms with E-state index in [2.05, 4.69) is 26.9 Å². The number of nitrogens with two attached hydrogens (primary N) is 1. The molecule has 82 valence electrons. The Morgan fingerprint density at radius 1 is 1.53 bits per heavy atom. The molecule has 1 aliphatic rings. The van der Waals surface area contributed by atoms with Gasteiger partial charge in [0.15, 0.2) is 0 Å². The lowest BCUT2D eigenvalue weighted by Gasteiger charge is -2.19. The predicted octanol–water partition coefficient (Wildman–Crippen LogP) is 2.00. The van der Waals surface area contributed by atoms with Gasteiger partial charge in [0.1, 0.15) is 5.75 Å². The fourth-order valence-corrected chi connectivity index (χ4v) is 2.28. The Kier molecular flexibility index (Phi) is 3.17. The van der Waals surface area contributed by atoms with Crippen molar-refractivity contribution in [2.45, 2.75) is 12.5 Å². The number of hydrogen-bond donors (Lipinski definition) is 1. The average molecular weight is 271 g/mol. The van der Waals surface area contributed by atoms with Crippen LogP contribution in [0.25, 0.3) is 0 Å². The van der Waals surface area contributed by atoms with Crippen LogP contribution in [0.1, 0.15) is 6.42 Å². The van der Waals surface area contributed by atoms with Crippen molar-refractivity contribution >= 4 is 21.6 Å². The van der Waals surface area contributed by atoms with Crippen molar-refractivity contribution in [2.24, 2.45) is 5.73 Å². The zero-order valence-electron chi connectivity index (χ0n) is 8.74. The van der Waals surface area contributed by atoms with Gasteiger partial charge in [0.05, 0.1) is 11.6 Å². The van der Waals surface area contributed by atoms with Crippen molar-refractivity contribution in [3.8, 4) is 5.75 Å². The zero-order chi connectivity index (χ0) is 10.8. The van der Waals surface area contributed by atoms with Crippen LogP contribution >= 0.6 is 15.9 Å². The first-order valence-electron chi connectivity index (χ1n) is 5.05. The molecule has 0 bridgehead atoms. The van der Waals surface area contributed by atoms with E-state index in [-0.39, 0.29) is 0 Å². The molecule has 1 aromatic carbocycles. The van der Waals surface area contributed by atoms with Crippen molar-refractivity contribution in [3.63, 3.8) is 0 Å². The molecule has 1 fully saturated rings. The van der Waals surface area contributed by atoms with Crippen LogP contribution in [0.5, 0.6) is 5.75 Å². The van der Waals surface area contributed by atoms with Gasteiger partial charge in [-0.2, -0.15) is 0 Å². The van der Waals surface area contributed by atoms with Crippen molar-refractivity contribution in [3.05, 3.63) is 22.7 Å². The molecule has 0 aromatic heterocycles. The van der Waals surface area contributed by atoms with Crippen molar-refractivity contribution < 1.29 is 4.74 Å². The van der Waals surface area contributed by atoms with E-state index in [0.717, 1.165) is 29.7 Å². The lowest BCUT2D eigenvalue weighted by atomic mass is 10.3. The first kappa shape index (κ1) is 10.8. The topological polar surface area (TPSA) is 38.5 Å². The minimum atomic E-state index is 0.305. The van der Waals surface area contributed by atoms with Crippen LogP contribution in [0.3, 0.4) is 0 Å². The summed E-state index contributed by atoms with van der Waals surface area (Å²) in [6, 6.07) is 6.45. The summed E-state index contributed by atoms with van der Waals surface area (Å²) in [7, 11) is 1.68. The van der Waals surface area contributed by atoms with E-state index in [9.17, 15) is 0 Å². The highest BCUT2D eigenvalue weighted by molar-refractivity contribution is 9.10. The Morgan fingerprint density at radius 3 is 2.93 bits per heavy atom. The second-order valence-corrected chi connectivity index (χ2v) is 4.67. The molecule has 4 heteroatoms. The third-order valence-corrected chi connectivity index (χ3v) is 3.38. The first-order chi connectivity index (χ1) is 7.20. The molecule has 0 aliphatic carbocycles. The third kappa shape index (κ3) is 2.26. The summed E-state index contributed by atoms with van der Waals surface area (Å²) in [5.74, 6) is 0.868. The van der Waals surface area contributed by atoms with E-state index in [1.54, 1.807) is 7.11 Å². The molecule has 1 atom stereocenters. The van der Waals surface area contributed by atoms with Gasteiger partial charge >= 0.3 is 0 Å². The summed E-state index contributed by atoms with van der Waals surface area (Å²) in [5.41, 5.74) is 7.06. The number of ether oxygens (including phenoxy) is 1. The van der Waals surface area contributed by atoms with E-state index in [1.807, 2.05) is 12.1 Å². The lowest BCUT2D eigenvalue weighted by Crippen LogP contribution is -2.26. The molecule has 2 rings (SSSR count). The molecule has 0 saturated carbocycles. The second-order valence-electron chi connectivity index (χ2n) is 3.81. The SMILES string of the molecule is COc1cc(N2CCC(N)C2)ccc1Br. The van der Waals surface area contributed by atoms with Crippen molar-refractivity contribution in [1.29, 1.82) is 0 Å². The van der Waals surface area contributed by atoms with Gasteiger partial charge in [-0.25, -0.2) is 0 Å². The molecule has 0 amide bonds. The monoisotopic (exact) mass is 270 g/mol. The summed E-state index contributed by atoms with van der Waals surface area (Å²) in [4.78, 5) is 2.29. The molecule has 0 radical (unpaired) electrons. The van der Waals surface area contributed by atoms with Gasteiger partial charge in [-0.15, -0.1) is 0 Å². The van der Waals surface area contributed by atoms with Gasteiger partial charge in [-0.05, 0) is 34.5 Å². The minimum Gasteiger partial charge on any atom is -0.495 e. The second kappa shape index (κ2) is 4.41. The average Bonchev–Trinajstić information content (AvgIpc) is 2.66. The molecule has 1 aliphatic heterocycles. The molecular weight excluding hydrogens is 256 g/mol. The number of rotatable bonds is 2. The van der Waals surface area contributed by atoms with Crippen LogP contribution in [-0.2, 0) is 0 Å². The molecular formula is C11H15BrN2O. The molecule has 1 aromatic rings. The summed E-state index contributed by atoms with van der Waals surface area (Å²) in [5, 5.41) is 0. The largest absolute Gasteiger partial charge is 0.495 e. The number of benzene rings is 1. The highest BCUT2D eigenvalue weighted by Crippen LogP contribution is 2.30. The summed E-state index contributed by atoms with van der Waals surface area (Å²) in [6.45, 7) is 1.97. The van der Waals surface area contributed by atoms with Crippen LogP contribution < -0.4 is 15.4 Å². The maximum absolute atomic E-state index is 5.88. The van der Waals surface area contributed by atoms with Gasteiger partial charge in [0.25, 0.3) is 0 Å². The third-order valence-electron chi connectivity index (χ3n) is 2.72. The fourth-order valence-electron chi connectivity index (χ4n) is 1.87.